The molecule has 10 heteroatoms. The van der Waals surface area contributed by atoms with Crippen molar-refractivity contribution in [1.82, 2.24) is 14.8 Å². The molecule has 4 rings (SSSR count). The van der Waals surface area contributed by atoms with Gasteiger partial charge in [0.25, 0.3) is 10.0 Å². The normalized spacial score (nSPS) is 13.4. The molecule has 0 amide bonds. The van der Waals surface area contributed by atoms with Gasteiger partial charge in [0.2, 0.25) is 0 Å². The average Bonchev–Trinajstić information content (AvgIpc) is 3.07. The first-order chi connectivity index (χ1) is 13.0. The molecule has 0 fully saturated rings. The highest BCUT2D eigenvalue weighted by atomic mass is 32.2. The van der Waals surface area contributed by atoms with Gasteiger partial charge in [0.05, 0.1) is 10.6 Å². The van der Waals surface area contributed by atoms with E-state index in [1.54, 1.807) is 29.1 Å². The predicted molar refractivity (Wildman–Crippen MR) is 99.8 cm³/mol. The van der Waals surface area contributed by atoms with Crippen LogP contribution in [-0.2, 0) is 17.1 Å². The van der Waals surface area contributed by atoms with Crippen molar-refractivity contribution in [2.75, 3.05) is 17.9 Å². The van der Waals surface area contributed by atoms with Gasteiger partial charge < -0.3 is 14.0 Å². The Morgan fingerprint density at radius 3 is 2.67 bits per heavy atom. The third kappa shape index (κ3) is 3.71. The Morgan fingerprint density at radius 2 is 1.89 bits per heavy atom. The van der Waals surface area contributed by atoms with Gasteiger partial charge in [0.1, 0.15) is 19.5 Å². The number of rotatable bonds is 5. The quantitative estimate of drug-likeness (QED) is 0.698. The van der Waals surface area contributed by atoms with Crippen LogP contribution in [-0.4, -0.2) is 36.4 Å². The van der Waals surface area contributed by atoms with E-state index in [4.69, 9.17) is 9.47 Å². The number of nitrogens with zero attached hydrogens (tertiary/aromatic N) is 3. The number of anilines is 1. The van der Waals surface area contributed by atoms with Gasteiger partial charge in [-0.3, -0.25) is 4.72 Å². The van der Waals surface area contributed by atoms with Crippen LogP contribution < -0.4 is 14.2 Å². The summed E-state index contributed by atoms with van der Waals surface area (Å²) < 4.78 is 41.0. The van der Waals surface area contributed by atoms with Crippen LogP contribution in [0.3, 0.4) is 0 Å². The number of benzene rings is 2. The molecule has 0 atom stereocenters. The van der Waals surface area contributed by atoms with Crippen LogP contribution in [0.4, 0.5) is 5.69 Å². The van der Waals surface area contributed by atoms with E-state index in [2.05, 4.69) is 14.9 Å². The first-order valence-electron chi connectivity index (χ1n) is 8.06. The molecule has 0 unspecified atom stereocenters. The highest BCUT2D eigenvalue weighted by Gasteiger charge is 2.21. The van der Waals surface area contributed by atoms with Crippen molar-refractivity contribution < 1.29 is 17.9 Å². The van der Waals surface area contributed by atoms with Gasteiger partial charge in [-0.25, -0.2) is 8.42 Å². The maximum atomic E-state index is 12.9. The minimum Gasteiger partial charge on any atom is -0.486 e. The Morgan fingerprint density at radius 1 is 1.11 bits per heavy atom. The molecule has 0 saturated carbocycles. The molecule has 1 N–H and O–H groups in total. The molecule has 8 nitrogen and oxygen atoms in total. The van der Waals surface area contributed by atoms with Crippen LogP contribution in [0.15, 0.2) is 63.7 Å². The van der Waals surface area contributed by atoms with Crippen LogP contribution in [0, 0.1) is 0 Å². The summed E-state index contributed by atoms with van der Waals surface area (Å²) in [4.78, 5) is 0.819. The highest BCUT2D eigenvalue weighted by Crippen LogP contribution is 2.35. The summed E-state index contributed by atoms with van der Waals surface area (Å²) in [6, 6.07) is 11.7. The van der Waals surface area contributed by atoms with E-state index in [1.807, 2.05) is 19.2 Å². The fraction of sp³-hybridized carbons (Fsp3) is 0.176. The lowest BCUT2D eigenvalue weighted by Gasteiger charge is -2.19. The van der Waals surface area contributed by atoms with Gasteiger partial charge in [-0.05, 0) is 36.0 Å². The van der Waals surface area contributed by atoms with Crippen molar-refractivity contribution >= 4 is 27.5 Å². The van der Waals surface area contributed by atoms with E-state index < -0.39 is 10.0 Å². The van der Waals surface area contributed by atoms with E-state index in [-0.39, 0.29) is 4.90 Å². The zero-order chi connectivity index (χ0) is 18.9. The average molecular weight is 404 g/mol. The zero-order valence-electron chi connectivity index (χ0n) is 14.3. The lowest BCUT2D eigenvalue weighted by molar-refractivity contribution is 0.171. The number of aryl methyl sites for hydroxylation is 1. The first kappa shape index (κ1) is 17.7. The number of hydrogen-bond donors (Lipinski definition) is 1. The second-order valence-corrected chi connectivity index (χ2v) is 8.43. The summed E-state index contributed by atoms with van der Waals surface area (Å²) in [5.41, 5.74) is 0.459. The Hall–Kier alpha value is -2.72. The molecule has 1 aromatic heterocycles. The molecule has 0 aliphatic carbocycles. The molecular weight excluding hydrogens is 388 g/mol. The van der Waals surface area contributed by atoms with E-state index in [1.165, 1.54) is 23.9 Å². The summed E-state index contributed by atoms with van der Waals surface area (Å²) in [6.45, 7) is 0.838. The fourth-order valence-corrected chi connectivity index (χ4v) is 4.51. The second kappa shape index (κ2) is 7.12. The van der Waals surface area contributed by atoms with Crippen LogP contribution in [0.2, 0.25) is 0 Å². The molecule has 0 radical (unpaired) electrons. The molecule has 1 aliphatic heterocycles. The molecule has 0 bridgehead atoms. The lowest BCUT2D eigenvalue weighted by Crippen LogP contribution is -2.17. The number of nitrogens with one attached hydrogen (secondary N) is 1. The van der Waals surface area contributed by atoms with Gasteiger partial charge in [-0.1, -0.05) is 12.1 Å². The first-order valence-corrected chi connectivity index (χ1v) is 10.4. The Kier molecular flexibility index (Phi) is 4.66. The molecule has 3 aromatic rings. The lowest BCUT2D eigenvalue weighted by atomic mass is 10.3. The number of sulfonamides is 1. The van der Waals surface area contributed by atoms with E-state index >= 15 is 0 Å². The second-order valence-electron chi connectivity index (χ2n) is 5.73. The Balaban J connectivity index is 1.63. The van der Waals surface area contributed by atoms with Crippen molar-refractivity contribution in [2.24, 2.45) is 7.05 Å². The SMILES string of the molecule is Cn1cnnc1Sc1ccccc1NS(=O)(=O)c1ccc2c(c1)OCCO2. The fourth-order valence-electron chi connectivity index (χ4n) is 2.50. The zero-order valence-corrected chi connectivity index (χ0v) is 16.0. The monoisotopic (exact) mass is 404 g/mol. The maximum Gasteiger partial charge on any atom is 0.262 e. The summed E-state index contributed by atoms with van der Waals surface area (Å²) in [7, 11) is -1.98. The largest absolute Gasteiger partial charge is 0.486 e. The summed E-state index contributed by atoms with van der Waals surface area (Å²) in [6.07, 6.45) is 1.59. The van der Waals surface area contributed by atoms with Crippen molar-refractivity contribution in [3.63, 3.8) is 0 Å². The van der Waals surface area contributed by atoms with Crippen molar-refractivity contribution in [3.8, 4) is 11.5 Å². The third-order valence-corrected chi connectivity index (χ3v) is 6.32. The molecule has 27 heavy (non-hydrogen) atoms. The molecule has 2 aromatic carbocycles. The van der Waals surface area contributed by atoms with Crippen LogP contribution in [0.25, 0.3) is 0 Å². The van der Waals surface area contributed by atoms with E-state index in [9.17, 15) is 8.42 Å². The van der Waals surface area contributed by atoms with Gasteiger partial charge in [0.15, 0.2) is 16.7 Å². The summed E-state index contributed by atoms with van der Waals surface area (Å²) >= 11 is 1.32. The minimum atomic E-state index is -3.80. The molecule has 0 spiro atoms. The van der Waals surface area contributed by atoms with E-state index in [0.29, 0.717) is 35.6 Å². The third-order valence-electron chi connectivity index (χ3n) is 3.83. The number of ether oxygens (including phenoxy) is 2. The number of fused-ring (bicyclic) bond motifs is 1. The summed E-state index contributed by atoms with van der Waals surface area (Å²) in [5, 5.41) is 8.52. The van der Waals surface area contributed by atoms with Gasteiger partial charge >= 0.3 is 0 Å². The van der Waals surface area contributed by atoms with Crippen molar-refractivity contribution in [1.29, 1.82) is 0 Å². The predicted octanol–water partition coefficient (Wildman–Crippen LogP) is 2.54. The van der Waals surface area contributed by atoms with Crippen molar-refractivity contribution in [3.05, 3.63) is 48.8 Å². The number of para-hydroxylation sites is 1. The Labute approximate surface area is 160 Å². The Bertz CT molecular complexity index is 1080. The van der Waals surface area contributed by atoms with Crippen molar-refractivity contribution in [2.45, 2.75) is 14.9 Å². The maximum absolute atomic E-state index is 12.9. The highest BCUT2D eigenvalue weighted by molar-refractivity contribution is 7.99. The molecule has 140 valence electrons. The van der Waals surface area contributed by atoms with Gasteiger partial charge in [0, 0.05) is 18.0 Å². The smallest absolute Gasteiger partial charge is 0.262 e. The van der Waals surface area contributed by atoms with Gasteiger partial charge in [-0.2, -0.15) is 0 Å². The molecule has 0 saturated heterocycles. The van der Waals surface area contributed by atoms with Gasteiger partial charge in [-0.15, -0.1) is 10.2 Å². The molecule has 1 aliphatic rings. The van der Waals surface area contributed by atoms with Crippen LogP contribution in [0.1, 0.15) is 0 Å². The number of aromatic nitrogens is 3. The standard InChI is InChI=1S/C17H16N4O4S2/c1-21-11-18-19-17(21)26-16-5-3-2-4-13(16)20-27(22,23)12-6-7-14-15(10-12)25-9-8-24-14/h2-7,10-11,20H,8-9H2,1H3. The number of hydrogen-bond acceptors (Lipinski definition) is 7. The molecular formula is C17H16N4O4S2. The topological polar surface area (TPSA) is 95.3 Å². The van der Waals surface area contributed by atoms with E-state index in [0.717, 1.165) is 4.90 Å². The van der Waals surface area contributed by atoms with Crippen LogP contribution >= 0.6 is 11.8 Å². The molecule has 2 heterocycles. The summed E-state index contributed by atoms with van der Waals surface area (Å²) in [5.74, 6) is 0.962. The minimum absolute atomic E-state index is 0.102. The van der Waals surface area contributed by atoms with Crippen LogP contribution in [0.5, 0.6) is 11.5 Å².